The Morgan fingerprint density at radius 3 is 1.53 bits per heavy atom. The topological polar surface area (TPSA) is 27.7 Å². The highest BCUT2D eigenvalue weighted by Crippen LogP contribution is 2.15. The van der Waals surface area contributed by atoms with Crippen molar-refractivity contribution in [3.05, 3.63) is 0 Å². The van der Waals surface area contributed by atoms with Gasteiger partial charge in [-0.2, -0.15) is 0 Å². The van der Waals surface area contributed by atoms with Gasteiger partial charge >= 0.3 is 8.80 Å². The summed E-state index contributed by atoms with van der Waals surface area (Å²) in [5, 5.41) is 0. The Bertz CT molecular complexity index is 246. The summed E-state index contributed by atoms with van der Waals surface area (Å²) >= 11 is 0. The monoisotopic (exact) mass is 274 g/mol. The molecule has 0 saturated heterocycles. The fraction of sp³-hybridized carbons (Fsp3) is 0.833. The molecule has 0 fully saturated rings. The van der Waals surface area contributed by atoms with Crippen molar-refractivity contribution >= 4 is 16.9 Å². The summed E-state index contributed by atoms with van der Waals surface area (Å²) in [6, 6.07) is 0.604. The molecule has 0 spiro atoms. The summed E-state index contributed by atoms with van der Waals surface area (Å²) in [5.74, 6) is 3.22. The molecule has 3 nitrogen and oxygen atoms in total. The summed E-state index contributed by atoms with van der Waals surface area (Å²) in [5.41, 5.74) is 3.34. The van der Waals surface area contributed by atoms with Crippen LogP contribution in [0.25, 0.3) is 0 Å². The van der Waals surface area contributed by atoms with Gasteiger partial charge in [0.2, 0.25) is 0 Å². The molecule has 0 bridgehead atoms. The van der Waals surface area contributed by atoms with E-state index in [9.17, 15) is 0 Å². The molecule has 0 aromatic carbocycles. The third-order valence-corrected chi connectivity index (χ3v) is 5.58. The van der Waals surface area contributed by atoms with Crippen LogP contribution in [0.2, 0.25) is 25.7 Å². The van der Waals surface area contributed by atoms with Crippen molar-refractivity contribution in [3.8, 4) is 11.5 Å². The Kier molecular flexibility index (Phi) is 8.00. The maximum atomic E-state index is 5.73. The van der Waals surface area contributed by atoms with E-state index in [0.29, 0.717) is 25.9 Å². The zero-order chi connectivity index (χ0) is 13.4. The van der Waals surface area contributed by atoms with Crippen LogP contribution in [-0.4, -0.2) is 36.7 Å². The Hall–Kier alpha value is -0.126. The van der Waals surface area contributed by atoms with E-state index in [0.717, 1.165) is 0 Å². The first-order valence-electron chi connectivity index (χ1n) is 6.31. The first kappa shape index (κ1) is 16.9. The van der Waals surface area contributed by atoms with Gasteiger partial charge < -0.3 is 13.3 Å². The molecule has 17 heavy (non-hydrogen) atoms. The average molecular weight is 275 g/mol. The van der Waals surface area contributed by atoms with Crippen LogP contribution in [0.4, 0.5) is 0 Å². The summed E-state index contributed by atoms with van der Waals surface area (Å²) in [4.78, 5) is 0. The summed E-state index contributed by atoms with van der Waals surface area (Å²) in [6.07, 6.45) is 0. The fourth-order valence-electron chi connectivity index (χ4n) is 1.36. The molecule has 0 aliphatic carbocycles. The minimum atomic E-state index is -2.55. The number of rotatable bonds is 7. The van der Waals surface area contributed by atoms with Crippen molar-refractivity contribution < 1.29 is 13.3 Å². The van der Waals surface area contributed by atoms with E-state index in [2.05, 4.69) is 31.1 Å². The molecule has 0 radical (unpaired) electrons. The maximum Gasteiger partial charge on any atom is 0.513 e. The molecule has 0 atom stereocenters. The standard InChI is InChI=1S/C12H26O3Si2/c1-7-13-17(14-8-2,15-9-3)12-10-11-16(4,5)6/h7-9,12H2,1-6H3. The van der Waals surface area contributed by atoms with E-state index in [-0.39, 0.29) is 0 Å². The molecule has 0 aromatic rings. The molecule has 0 heterocycles. The molecule has 0 amide bonds. The minimum Gasteiger partial charge on any atom is -0.373 e. The van der Waals surface area contributed by atoms with Crippen molar-refractivity contribution in [2.75, 3.05) is 19.8 Å². The number of hydrogen-bond donors (Lipinski definition) is 0. The lowest BCUT2D eigenvalue weighted by molar-refractivity contribution is 0.0748. The van der Waals surface area contributed by atoms with Crippen LogP contribution in [0.1, 0.15) is 20.8 Å². The predicted molar refractivity (Wildman–Crippen MR) is 76.6 cm³/mol. The van der Waals surface area contributed by atoms with Crippen LogP contribution in [0.15, 0.2) is 0 Å². The van der Waals surface area contributed by atoms with Crippen LogP contribution in [0, 0.1) is 11.5 Å². The predicted octanol–water partition coefficient (Wildman–Crippen LogP) is 2.92. The molecule has 5 heteroatoms. The highest BCUT2D eigenvalue weighted by Gasteiger charge is 2.39. The van der Waals surface area contributed by atoms with E-state index in [1.54, 1.807) is 0 Å². The molecule has 0 rings (SSSR count). The molecule has 0 aliphatic rings. The van der Waals surface area contributed by atoms with Gasteiger partial charge in [0, 0.05) is 19.8 Å². The third kappa shape index (κ3) is 7.74. The van der Waals surface area contributed by atoms with E-state index in [4.69, 9.17) is 13.3 Å². The Morgan fingerprint density at radius 2 is 1.24 bits per heavy atom. The SMILES string of the molecule is CCO[Si](CC#C[Si](C)(C)C)(OCC)OCC. The van der Waals surface area contributed by atoms with E-state index in [1.807, 2.05) is 20.8 Å². The molecule has 100 valence electrons. The lowest BCUT2D eigenvalue weighted by atomic mass is 10.8. The van der Waals surface area contributed by atoms with Crippen LogP contribution < -0.4 is 0 Å². The molecule has 0 unspecified atom stereocenters. The van der Waals surface area contributed by atoms with Gasteiger partial charge in [0.15, 0.2) is 0 Å². The first-order valence-corrected chi connectivity index (χ1v) is 11.7. The number of hydrogen-bond acceptors (Lipinski definition) is 3. The van der Waals surface area contributed by atoms with Crippen molar-refractivity contribution in [1.82, 2.24) is 0 Å². The normalized spacial score (nSPS) is 12.1. The lowest BCUT2D eigenvalue weighted by Crippen LogP contribution is -2.45. The maximum absolute atomic E-state index is 5.73. The zero-order valence-corrected chi connectivity index (χ0v) is 14.1. The molecule has 0 saturated carbocycles. The molecule has 0 N–H and O–H groups in total. The smallest absolute Gasteiger partial charge is 0.373 e. The van der Waals surface area contributed by atoms with Gasteiger partial charge in [-0.05, 0) is 20.8 Å². The summed E-state index contributed by atoms with van der Waals surface area (Å²) in [7, 11) is -3.88. The van der Waals surface area contributed by atoms with Crippen LogP contribution in [-0.2, 0) is 13.3 Å². The van der Waals surface area contributed by atoms with Crippen molar-refractivity contribution in [3.63, 3.8) is 0 Å². The molecular weight excluding hydrogens is 248 g/mol. The van der Waals surface area contributed by atoms with Gasteiger partial charge in [-0.15, -0.1) is 11.5 Å². The fourth-order valence-corrected chi connectivity index (χ4v) is 4.33. The van der Waals surface area contributed by atoms with Gasteiger partial charge in [0.1, 0.15) is 8.07 Å². The highest BCUT2D eigenvalue weighted by atomic mass is 28.4. The zero-order valence-electron chi connectivity index (χ0n) is 12.1. The molecule has 0 aliphatic heterocycles. The first-order chi connectivity index (χ1) is 7.89. The highest BCUT2D eigenvalue weighted by molar-refractivity contribution is 6.84. The van der Waals surface area contributed by atoms with Crippen molar-refractivity contribution in [2.24, 2.45) is 0 Å². The Balaban J connectivity index is 4.69. The lowest BCUT2D eigenvalue weighted by Gasteiger charge is -2.26. The van der Waals surface area contributed by atoms with E-state index in [1.165, 1.54) is 0 Å². The largest absolute Gasteiger partial charge is 0.513 e. The van der Waals surface area contributed by atoms with Crippen LogP contribution >= 0.6 is 0 Å². The van der Waals surface area contributed by atoms with Gasteiger partial charge in [0.05, 0.1) is 6.04 Å². The summed E-state index contributed by atoms with van der Waals surface area (Å²) < 4.78 is 17.2. The van der Waals surface area contributed by atoms with E-state index >= 15 is 0 Å². The average Bonchev–Trinajstić information content (AvgIpc) is 2.16. The van der Waals surface area contributed by atoms with Crippen molar-refractivity contribution in [1.29, 1.82) is 0 Å². The molecular formula is C12H26O3Si2. The Morgan fingerprint density at radius 1 is 0.824 bits per heavy atom. The second kappa shape index (κ2) is 8.06. The van der Waals surface area contributed by atoms with Gasteiger partial charge in [-0.1, -0.05) is 19.6 Å². The Labute approximate surface area is 108 Å². The third-order valence-electron chi connectivity index (χ3n) is 1.86. The van der Waals surface area contributed by atoms with Gasteiger partial charge in [-0.25, -0.2) is 0 Å². The molecule has 0 aromatic heterocycles. The minimum absolute atomic E-state index is 0.604. The van der Waals surface area contributed by atoms with Crippen molar-refractivity contribution in [2.45, 2.75) is 46.5 Å². The second-order valence-corrected chi connectivity index (χ2v) is 12.0. The quantitative estimate of drug-likeness (QED) is 0.528. The van der Waals surface area contributed by atoms with Gasteiger partial charge in [-0.3, -0.25) is 0 Å². The summed E-state index contributed by atoms with van der Waals surface area (Å²) in [6.45, 7) is 14.4. The second-order valence-electron chi connectivity index (χ2n) is 4.71. The van der Waals surface area contributed by atoms with Crippen LogP contribution in [0.5, 0.6) is 0 Å². The van der Waals surface area contributed by atoms with Gasteiger partial charge in [0.25, 0.3) is 0 Å². The van der Waals surface area contributed by atoms with E-state index < -0.39 is 16.9 Å². The van der Waals surface area contributed by atoms with Crippen LogP contribution in [0.3, 0.4) is 0 Å².